The smallest absolute Gasteiger partial charge is 0.243 e. The minimum atomic E-state index is 0.246. The molecule has 0 saturated heterocycles. The van der Waals surface area contributed by atoms with Crippen LogP contribution in [0, 0.1) is 0 Å². The highest BCUT2D eigenvalue weighted by Gasteiger charge is 2.14. The number of anilines is 1. The van der Waals surface area contributed by atoms with Gasteiger partial charge in [0.15, 0.2) is 11.5 Å². The van der Waals surface area contributed by atoms with Crippen molar-refractivity contribution in [3.8, 4) is 22.8 Å². The molecule has 6 nitrogen and oxygen atoms in total. The van der Waals surface area contributed by atoms with E-state index in [-0.39, 0.29) is 6.79 Å². The third-order valence-electron chi connectivity index (χ3n) is 3.86. The van der Waals surface area contributed by atoms with E-state index in [0.717, 1.165) is 28.3 Å². The first-order chi connectivity index (χ1) is 12.3. The molecule has 0 amide bonds. The molecule has 0 bridgehead atoms. The summed E-state index contributed by atoms with van der Waals surface area (Å²) in [5.41, 5.74) is 2.69. The van der Waals surface area contributed by atoms with Gasteiger partial charge in [0.1, 0.15) is 0 Å². The summed E-state index contributed by atoms with van der Waals surface area (Å²) in [6, 6.07) is 13.5. The number of aromatic nitrogens is 3. The lowest BCUT2D eigenvalue weighted by Gasteiger charge is -2.07. The van der Waals surface area contributed by atoms with Gasteiger partial charge in [0.2, 0.25) is 12.7 Å². The van der Waals surface area contributed by atoms with Crippen LogP contribution in [0.4, 0.5) is 5.95 Å². The number of benzene rings is 2. The third-order valence-corrected chi connectivity index (χ3v) is 4.23. The summed E-state index contributed by atoms with van der Waals surface area (Å²) in [5.74, 6) is 1.93. The molecule has 1 aromatic heterocycles. The van der Waals surface area contributed by atoms with Crippen LogP contribution in [-0.2, 0) is 6.42 Å². The minimum Gasteiger partial charge on any atom is -0.454 e. The highest BCUT2D eigenvalue weighted by molar-refractivity contribution is 6.31. The van der Waals surface area contributed by atoms with Gasteiger partial charge in [-0.05, 0) is 36.2 Å². The highest BCUT2D eigenvalue weighted by atomic mass is 35.5. The molecule has 1 aliphatic heterocycles. The van der Waals surface area contributed by atoms with Crippen molar-refractivity contribution < 1.29 is 9.47 Å². The summed E-state index contributed by atoms with van der Waals surface area (Å²) < 4.78 is 10.7. The number of fused-ring (bicyclic) bond motifs is 1. The molecule has 0 unspecified atom stereocenters. The molecular weight excluding hydrogens is 340 g/mol. The molecule has 0 spiro atoms. The van der Waals surface area contributed by atoms with Crippen molar-refractivity contribution in [2.24, 2.45) is 0 Å². The lowest BCUT2D eigenvalue weighted by Crippen LogP contribution is -2.09. The van der Waals surface area contributed by atoms with Crippen LogP contribution in [0.15, 0.2) is 48.7 Å². The molecule has 0 fully saturated rings. The Morgan fingerprint density at radius 3 is 2.88 bits per heavy atom. The lowest BCUT2D eigenvalue weighted by atomic mass is 10.1. The van der Waals surface area contributed by atoms with Gasteiger partial charge >= 0.3 is 0 Å². The Kier molecular flexibility index (Phi) is 4.35. The zero-order valence-electron chi connectivity index (χ0n) is 13.3. The summed E-state index contributed by atoms with van der Waals surface area (Å²) in [5, 5.41) is 12.0. The van der Waals surface area contributed by atoms with E-state index in [9.17, 15) is 0 Å². The molecule has 0 radical (unpaired) electrons. The Balaban J connectivity index is 1.45. The maximum atomic E-state index is 6.16. The van der Waals surface area contributed by atoms with Gasteiger partial charge in [0, 0.05) is 17.1 Å². The zero-order valence-corrected chi connectivity index (χ0v) is 14.0. The summed E-state index contributed by atoms with van der Waals surface area (Å²) in [7, 11) is 0. The topological polar surface area (TPSA) is 69.2 Å². The Bertz CT molecular complexity index is 904. The molecule has 25 heavy (non-hydrogen) atoms. The third kappa shape index (κ3) is 3.49. The average molecular weight is 355 g/mol. The second-order valence-electron chi connectivity index (χ2n) is 5.50. The summed E-state index contributed by atoms with van der Waals surface area (Å²) in [6.07, 6.45) is 2.40. The fourth-order valence-electron chi connectivity index (χ4n) is 2.58. The van der Waals surface area contributed by atoms with Crippen LogP contribution in [0.3, 0.4) is 0 Å². The van der Waals surface area contributed by atoms with Crippen LogP contribution in [0.1, 0.15) is 5.56 Å². The summed E-state index contributed by atoms with van der Waals surface area (Å²) in [4.78, 5) is 4.51. The Morgan fingerprint density at radius 1 is 1.08 bits per heavy atom. The van der Waals surface area contributed by atoms with Crippen molar-refractivity contribution in [1.82, 2.24) is 15.2 Å². The van der Waals surface area contributed by atoms with E-state index >= 15 is 0 Å². The number of nitrogens with zero attached hydrogens (tertiary/aromatic N) is 3. The van der Waals surface area contributed by atoms with Gasteiger partial charge in [0.05, 0.1) is 11.9 Å². The van der Waals surface area contributed by atoms with Crippen molar-refractivity contribution in [2.75, 3.05) is 18.7 Å². The lowest BCUT2D eigenvalue weighted by molar-refractivity contribution is 0.174. The summed E-state index contributed by atoms with van der Waals surface area (Å²) >= 11 is 6.16. The number of nitrogens with one attached hydrogen (secondary N) is 1. The zero-order chi connectivity index (χ0) is 17.1. The van der Waals surface area contributed by atoms with Gasteiger partial charge in [0.25, 0.3) is 0 Å². The van der Waals surface area contributed by atoms with Gasteiger partial charge < -0.3 is 14.8 Å². The number of rotatable bonds is 5. The van der Waals surface area contributed by atoms with E-state index in [1.54, 1.807) is 6.20 Å². The quantitative estimate of drug-likeness (QED) is 0.755. The van der Waals surface area contributed by atoms with Gasteiger partial charge in [-0.1, -0.05) is 29.8 Å². The van der Waals surface area contributed by atoms with E-state index in [1.165, 1.54) is 0 Å². The van der Waals surface area contributed by atoms with Crippen LogP contribution in [-0.4, -0.2) is 28.5 Å². The molecule has 7 heteroatoms. The first kappa shape index (κ1) is 15.7. The van der Waals surface area contributed by atoms with Crippen LogP contribution in [0.5, 0.6) is 11.5 Å². The molecule has 3 aromatic rings. The van der Waals surface area contributed by atoms with Gasteiger partial charge in [-0.3, -0.25) is 0 Å². The number of halogens is 1. The first-order valence-electron chi connectivity index (χ1n) is 7.86. The standard InChI is InChI=1S/C18H15ClN4O2/c19-14-4-2-1-3-12(14)7-8-20-18-22-15(10-21-23-18)13-5-6-16-17(9-13)25-11-24-16/h1-6,9-10H,7-8,11H2,(H,20,22,23). The highest BCUT2D eigenvalue weighted by Crippen LogP contribution is 2.35. The van der Waals surface area contributed by atoms with Crippen LogP contribution in [0.2, 0.25) is 5.02 Å². The first-order valence-corrected chi connectivity index (χ1v) is 8.24. The summed E-state index contributed by atoms with van der Waals surface area (Å²) in [6.45, 7) is 0.908. The number of hydrogen-bond acceptors (Lipinski definition) is 6. The molecule has 4 rings (SSSR count). The van der Waals surface area contributed by atoms with Gasteiger partial charge in [-0.25, -0.2) is 4.98 Å². The SMILES string of the molecule is Clc1ccccc1CCNc1nncc(-c2ccc3c(c2)OCO3)n1. The average Bonchev–Trinajstić information content (AvgIpc) is 3.11. The predicted molar refractivity (Wildman–Crippen MR) is 95.0 cm³/mol. The number of ether oxygens (including phenoxy) is 2. The van der Waals surface area contributed by atoms with Crippen molar-refractivity contribution in [3.05, 3.63) is 59.2 Å². The monoisotopic (exact) mass is 354 g/mol. The van der Waals surface area contributed by atoms with E-state index in [2.05, 4.69) is 20.5 Å². The molecule has 1 aliphatic rings. The molecule has 1 N–H and O–H groups in total. The molecule has 0 aliphatic carbocycles. The van der Waals surface area contributed by atoms with Crippen molar-refractivity contribution in [3.63, 3.8) is 0 Å². The molecule has 2 heterocycles. The second kappa shape index (κ2) is 6.94. The van der Waals surface area contributed by atoms with Gasteiger partial charge in [-0.2, -0.15) is 5.10 Å². The normalized spacial score (nSPS) is 12.2. The maximum absolute atomic E-state index is 6.16. The molecular formula is C18H15ClN4O2. The Hall–Kier alpha value is -2.86. The second-order valence-corrected chi connectivity index (χ2v) is 5.91. The van der Waals surface area contributed by atoms with Crippen molar-refractivity contribution in [2.45, 2.75) is 6.42 Å². The Labute approximate surface area is 149 Å². The molecule has 0 atom stereocenters. The molecule has 2 aromatic carbocycles. The Morgan fingerprint density at radius 2 is 1.96 bits per heavy atom. The van der Waals surface area contributed by atoms with E-state index in [0.29, 0.717) is 23.9 Å². The maximum Gasteiger partial charge on any atom is 0.243 e. The van der Waals surface area contributed by atoms with E-state index < -0.39 is 0 Å². The van der Waals surface area contributed by atoms with Crippen LogP contribution < -0.4 is 14.8 Å². The molecule has 126 valence electrons. The van der Waals surface area contributed by atoms with Crippen molar-refractivity contribution in [1.29, 1.82) is 0 Å². The number of hydrogen-bond donors (Lipinski definition) is 1. The minimum absolute atomic E-state index is 0.246. The fourth-order valence-corrected chi connectivity index (χ4v) is 2.81. The van der Waals surface area contributed by atoms with E-state index in [1.807, 2.05) is 42.5 Å². The molecule has 0 saturated carbocycles. The largest absolute Gasteiger partial charge is 0.454 e. The van der Waals surface area contributed by atoms with Gasteiger partial charge in [-0.15, -0.1) is 5.10 Å². The van der Waals surface area contributed by atoms with Crippen LogP contribution in [0.25, 0.3) is 11.3 Å². The van der Waals surface area contributed by atoms with Crippen LogP contribution >= 0.6 is 11.6 Å². The predicted octanol–water partition coefficient (Wildman–Crippen LogP) is 3.58. The fraction of sp³-hybridized carbons (Fsp3) is 0.167. The van der Waals surface area contributed by atoms with Crippen molar-refractivity contribution >= 4 is 17.5 Å². The van der Waals surface area contributed by atoms with E-state index in [4.69, 9.17) is 21.1 Å².